The SMILES string of the molecule is CCC(NCCC(O)COC)C1CC1. The number of nitrogens with one attached hydrogen (secondary N) is 1. The quantitative estimate of drug-likeness (QED) is 0.619. The van der Waals surface area contributed by atoms with Gasteiger partial charge in [-0.05, 0) is 38.1 Å². The minimum Gasteiger partial charge on any atom is -0.391 e. The second-order valence-electron chi connectivity index (χ2n) is 4.20. The lowest BCUT2D eigenvalue weighted by Crippen LogP contribution is -2.33. The average molecular weight is 201 g/mol. The van der Waals surface area contributed by atoms with Crippen molar-refractivity contribution in [3.8, 4) is 0 Å². The van der Waals surface area contributed by atoms with E-state index >= 15 is 0 Å². The molecule has 14 heavy (non-hydrogen) atoms. The first-order chi connectivity index (χ1) is 6.77. The molecule has 0 saturated heterocycles. The first-order valence-corrected chi connectivity index (χ1v) is 5.68. The molecule has 2 N–H and O–H groups in total. The van der Waals surface area contributed by atoms with Crippen LogP contribution in [0.4, 0.5) is 0 Å². The Hall–Kier alpha value is -0.120. The Morgan fingerprint density at radius 1 is 1.50 bits per heavy atom. The smallest absolute Gasteiger partial charge is 0.0785 e. The van der Waals surface area contributed by atoms with E-state index in [1.807, 2.05) is 0 Å². The highest BCUT2D eigenvalue weighted by atomic mass is 16.5. The van der Waals surface area contributed by atoms with Crippen molar-refractivity contribution in [3.63, 3.8) is 0 Å². The summed E-state index contributed by atoms with van der Waals surface area (Å²) in [5.74, 6) is 0.902. The van der Waals surface area contributed by atoms with Gasteiger partial charge in [-0.25, -0.2) is 0 Å². The summed E-state index contributed by atoms with van der Waals surface area (Å²) in [5.41, 5.74) is 0. The largest absolute Gasteiger partial charge is 0.391 e. The van der Waals surface area contributed by atoms with Crippen LogP contribution in [0.15, 0.2) is 0 Å². The molecule has 0 radical (unpaired) electrons. The second kappa shape index (κ2) is 6.38. The number of methoxy groups -OCH3 is 1. The van der Waals surface area contributed by atoms with Crippen LogP contribution in [0.2, 0.25) is 0 Å². The van der Waals surface area contributed by atoms with Crippen LogP contribution in [0, 0.1) is 5.92 Å². The number of aliphatic hydroxyl groups excluding tert-OH is 1. The average Bonchev–Trinajstić information content (AvgIpc) is 2.96. The molecule has 0 bridgehead atoms. The van der Waals surface area contributed by atoms with E-state index in [1.165, 1.54) is 19.3 Å². The van der Waals surface area contributed by atoms with Crippen molar-refractivity contribution in [1.29, 1.82) is 0 Å². The van der Waals surface area contributed by atoms with Gasteiger partial charge in [0.2, 0.25) is 0 Å². The van der Waals surface area contributed by atoms with Crippen LogP contribution < -0.4 is 5.32 Å². The molecule has 0 aliphatic heterocycles. The van der Waals surface area contributed by atoms with Gasteiger partial charge in [0.1, 0.15) is 0 Å². The van der Waals surface area contributed by atoms with Gasteiger partial charge in [0, 0.05) is 13.2 Å². The van der Waals surface area contributed by atoms with E-state index in [9.17, 15) is 5.11 Å². The van der Waals surface area contributed by atoms with Gasteiger partial charge < -0.3 is 15.2 Å². The fourth-order valence-electron chi connectivity index (χ4n) is 1.85. The summed E-state index contributed by atoms with van der Waals surface area (Å²) in [6.45, 7) is 3.57. The highest BCUT2D eigenvalue weighted by Crippen LogP contribution is 2.33. The van der Waals surface area contributed by atoms with Crippen molar-refractivity contribution in [2.45, 2.75) is 44.8 Å². The Labute approximate surface area is 86.8 Å². The summed E-state index contributed by atoms with van der Waals surface area (Å²) >= 11 is 0. The molecule has 3 nitrogen and oxygen atoms in total. The summed E-state index contributed by atoms with van der Waals surface area (Å²) in [5, 5.41) is 12.9. The van der Waals surface area contributed by atoms with Gasteiger partial charge in [-0.15, -0.1) is 0 Å². The van der Waals surface area contributed by atoms with Gasteiger partial charge in [0.15, 0.2) is 0 Å². The number of aliphatic hydroxyl groups is 1. The topological polar surface area (TPSA) is 41.5 Å². The molecule has 2 unspecified atom stereocenters. The van der Waals surface area contributed by atoms with Crippen LogP contribution in [0.5, 0.6) is 0 Å². The molecule has 1 fully saturated rings. The monoisotopic (exact) mass is 201 g/mol. The molecule has 84 valence electrons. The fourth-order valence-corrected chi connectivity index (χ4v) is 1.85. The summed E-state index contributed by atoms with van der Waals surface area (Å²) in [7, 11) is 1.62. The summed E-state index contributed by atoms with van der Waals surface area (Å²) in [6, 6.07) is 0.671. The first-order valence-electron chi connectivity index (χ1n) is 5.68. The summed E-state index contributed by atoms with van der Waals surface area (Å²) in [4.78, 5) is 0. The Balaban J connectivity index is 2.00. The van der Waals surface area contributed by atoms with Crippen molar-refractivity contribution in [3.05, 3.63) is 0 Å². The molecule has 0 aromatic rings. The van der Waals surface area contributed by atoms with Crippen LogP contribution in [-0.2, 0) is 4.74 Å². The van der Waals surface area contributed by atoms with Gasteiger partial charge in [0.05, 0.1) is 12.7 Å². The minimum absolute atomic E-state index is 0.316. The molecule has 1 aliphatic rings. The highest BCUT2D eigenvalue weighted by molar-refractivity contribution is 4.85. The van der Waals surface area contributed by atoms with Gasteiger partial charge in [0.25, 0.3) is 0 Å². The van der Waals surface area contributed by atoms with Crippen molar-refractivity contribution >= 4 is 0 Å². The maximum atomic E-state index is 9.42. The molecule has 1 aliphatic carbocycles. The van der Waals surface area contributed by atoms with Gasteiger partial charge >= 0.3 is 0 Å². The van der Waals surface area contributed by atoms with E-state index in [4.69, 9.17) is 4.74 Å². The third-order valence-corrected chi connectivity index (χ3v) is 2.87. The van der Waals surface area contributed by atoms with E-state index in [0.29, 0.717) is 12.6 Å². The fraction of sp³-hybridized carbons (Fsp3) is 1.00. The zero-order valence-corrected chi connectivity index (χ0v) is 9.33. The normalized spacial score (nSPS) is 20.8. The molecule has 0 spiro atoms. The number of hydrogen-bond acceptors (Lipinski definition) is 3. The van der Waals surface area contributed by atoms with Crippen LogP contribution >= 0.6 is 0 Å². The zero-order valence-electron chi connectivity index (χ0n) is 9.33. The lowest BCUT2D eigenvalue weighted by Gasteiger charge is -2.17. The van der Waals surface area contributed by atoms with Crippen molar-refractivity contribution in [2.75, 3.05) is 20.3 Å². The zero-order chi connectivity index (χ0) is 10.4. The third-order valence-electron chi connectivity index (χ3n) is 2.87. The first kappa shape index (κ1) is 12.0. The van der Waals surface area contributed by atoms with Crippen molar-refractivity contribution in [1.82, 2.24) is 5.32 Å². The molecule has 0 heterocycles. The Morgan fingerprint density at radius 2 is 2.21 bits per heavy atom. The van der Waals surface area contributed by atoms with E-state index < -0.39 is 0 Å². The summed E-state index contributed by atoms with van der Waals surface area (Å²) < 4.78 is 4.87. The maximum absolute atomic E-state index is 9.42. The van der Waals surface area contributed by atoms with E-state index in [-0.39, 0.29) is 6.10 Å². The predicted octanol–water partition coefficient (Wildman–Crippen LogP) is 1.16. The third kappa shape index (κ3) is 4.40. The highest BCUT2D eigenvalue weighted by Gasteiger charge is 2.29. The number of hydrogen-bond donors (Lipinski definition) is 2. The lowest BCUT2D eigenvalue weighted by atomic mass is 10.1. The molecule has 1 saturated carbocycles. The van der Waals surface area contributed by atoms with Crippen molar-refractivity contribution in [2.24, 2.45) is 5.92 Å². The Morgan fingerprint density at radius 3 is 2.71 bits per heavy atom. The molecule has 3 heteroatoms. The van der Waals surface area contributed by atoms with Gasteiger partial charge in [-0.1, -0.05) is 6.92 Å². The minimum atomic E-state index is -0.316. The van der Waals surface area contributed by atoms with Crippen LogP contribution in [0.3, 0.4) is 0 Å². The van der Waals surface area contributed by atoms with Crippen LogP contribution in [0.1, 0.15) is 32.6 Å². The van der Waals surface area contributed by atoms with Crippen molar-refractivity contribution < 1.29 is 9.84 Å². The lowest BCUT2D eigenvalue weighted by molar-refractivity contribution is 0.0588. The van der Waals surface area contributed by atoms with E-state index in [1.54, 1.807) is 7.11 Å². The number of ether oxygens (including phenoxy) is 1. The summed E-state index contributed by atoms with van der Waals surface area (Å²) in [6.07, 6.45) is 4.43. The molecule has 1 rings (SSSR count). The molecular formula is C11H23NO2. The van der Waals surface area contributed by atoms with Crippen LogP contribution in [0.25, 0.3) is 0 Å². The molecule has 2 atom stereocenters. The molecule has 0 aromatic carbocycles. The van der Waals surface area contributed by atoms with Crippen LogP contribution in [-0.4, -0.2) is 37.5 Å². The molecule has 0 aromatic heterocycles. The van der Waals surface area contributed by atoms with Gasteiger partial charge in [-0.3, -0.25) is 0 Å². The van der Waals surface area contributed by atoms with E-state index in [2.05, 4.69) is 12.2 Å². The Bertz CT molecular complexity index is 148. The Kier molecular flexibility index (Phi) is 5.45. The maximum Gasteiger partial charge on any atom is 0.0785 e. The standard InChI is InChI=1S/C11H23NO2/c1-3-11(9-4-5-9)12-7-6-10(13)8-14-2/h9-13H,3-8H2,1-2H3. The predicted molar refractivity (Wildman–Crippen MR) is 57.3 cm³/mol. The molecule has 0 amide bonds. The van der Waals surface area contributed by atoms with E-state index in [0.717, 1.165) is 18.9 Å². The second-order valence-corrected chi connectivity index (χ2v) is 4.20. The van der Waals surface area contributed by atoms with Gasteiger partial charge in [-0.2, -0.15) is 0 Å². The molecular weight excluding hydrogens is 178 g/mol. The number of rotatable bonds is 8.